The normalized spacial score (nSPS) is 24.8. The van der Waals surface area contributed by atoms with E-state index in [1.807, 2.05) is 20.8 Å². The molecule has 2 nitrogen and oxygen atoms in total. The van der Waals surface area contributed by atoms with Crippen molar-refractivity contribution < 1.29 is 4.21 Å². The third kappa shape index (κ3) is 5.49. The molecule has 1 saturated carbocycles. The highest BCUT2D eigenvalue weighted by Gasteiger charge is 2.24. The van der Waals surface area contributed by atoms with Gasteiger partial charge in [0.25, 0.3) is 0 Å². The van der Waals surface area contributed by atoms with Gasteiger partial charge in [-0.15, -0.1) is 0 Å². The van der Waals surface area contributed by atoms with Gasteiger partial charge in [-0.05, 0) is 63.9 Å². The van der Waals surface area contributed by atoms with Crippen LogP contribution >= 0.6 is 0 Å². The van der Waals surface area contributed by atoms with E-state index in [1.54, 1.807) is 0 Å². The summed E-state index contributed by atoms with van der Waals surface area (Å²) in [4.78, 5) is 0. The van der Waals surface area contributed by atoms with E-state index >= 15 is 0 Å². The van der Waals surface area contributed by atoms with Crippen LogP contribution < -0.4 is 0 Å². The minimum atomic E-state index is -1.17. The predicted molar refractivity (Wildman–Crippen MR) is 97.5 cm³/mol. The van der Waals surface area contributed by atoms with Crippen molar-refractivity contribution in [3.8, 4) is 0 Å². The van der Waals surface area contributed by atoms with Gasteiger partial charge in [0.2, 0.25) is 0 Å². The van der Waals surface area contributed by atoms with Gasteiger partial charge in [-0.25, -0.2) is 4.21 Å². The quantitative estimate of drug-likeness (QED) is 0.604. The van der Waals surface area contributed by atoms with E-state index in [0.29, 0.717) is 0 Å². The molecule has 0 radical (unpaired) electrons. The fourth-order valence-corrected chi connectivity index (χ4v) is 3.29. The molecule has 2 rings (SSSR count). The fraction of sp³-hybridized carbons (Fsp3) is 0.737. The Kier molecular flexibility index (Phi) is 6.19. The molecular weight excluding hydrogens is 290 g/mol. The van der Waals surface area contributed by atoms with E-state index in [4.69, 9.17) is 0 Å². The number of hydrogen-bond donors (Lipinski definition) is 0. The average Bonchev–Trinajstić information content (AvgIpc) is 3.28. The number of nitrogens with zero attached hydrogens (tertiary/aromatic N) is 1. The molecule has 2 aliphatic carbocycles. The minimum absolute atomic E-state index is 0.286. The molecule has 0 spiro atoms. The van der Waals surface area contributed by atoms with E-state index in [-0.39, 0.29) is 4.75 Å². The van der Waals surface area contributed by atoms with Crippen molar-refractivity contribution in [3.05, 3.63) is 23.8 Å². The van der Waals surface area contributed by atoms with Crippen LogP contribution in [0.5, 0.6) is 0 Å². The second-order valence-electron chi connectivity index (χ2n) is 7.69. The van der Waals surface area contributed by atoms with Crippen LogP contribution in [0.15, 0.2) is 28.2 Å². The van der Waals surface area contributed by atoms with Crippen LogP contribution in [-0.2, 0) is 11.0 Å². The fourth-order valence-electron chi connectivity index (χ4n) is 2.62. The Hall–Kier alpha value is -0.700. The summed E-state index contributed by atoms with van der Waals surface area (Å²) in [5.41, 5.74) is 2.28. The summed E-state index contributed by atoms with van der Waals surface area (Å²) in [5, 5.41) is 0. The molecule has 0 N–H and O–H groups in total. The first-order valence-electron chi connectivity index (χ1n) is 8.76. The molecule has 0 amide bonds. The Labute approximate surface area is 138 Å². The largest absolute Gasteiger partial charge is 0.234 e. The molecule has 0 bridgehead atoms. The van der Waals surface area contributed by atoms with Gasteiger partial charge in [-0.2, -0.15) is 4.40 Å². The Morgan fingerprint density at radius 1 is 1.27 bits per heavy atom. The van der Waals surface area contributed by atoms with Crippen LogP contribution in [0.25, 0.3) is 0 Å². The summed E-state index contributed by atoms with van der Waals surface area (Å²) < 4.78 is 16.8. The van der Waals surface area contributed by atoms with Crippen LogP contribution in [0.1, 0.15) is 72.6 Å². The lowest BCUT2D eigenvalue weighted by Crippen LogP contribution is -2.21. The summed E-state index contributed by atoms with van der Waals surface area (Å²) in [7, 11) is -1.17. The van der Waals surface area contributed by atoms with Crippen molar-refractivity contribution in [1.29, 1.82) is 0 Å². The van der Waals surface area contributed by atoms with Crippen molar-refractivity contribution in [2.24, 2.45) is 16.2 Å². The van der Waals surface area contributed by atoms with Crippen LogP contribution in [0.3, 0.4) is 0 Å². The van der Waals surface area contributed by atoms with E-state index in [2.05, 4.69) is 29.5 Å². The molecule has 3 heteroatoms. The van der Waals surface area contributed by atoms with Crippen molar-refractivity contribution in [2.75, 3.05) is 0 Å². The zero-order valence-electron chi connectivity index (χ0n) is 14.6. The average molecular weight is 322 g/mol. The Balaban J connectivity index is 2.17. The molecule has 0 aromatic carbocycles. The number of allylic oxidation sites excluding steroid dienone is 4. The number of hydrogen-bond acceptors (Lipinski definition) is 1. The van der Waals surface area contributed by atoms with Gasteiger partial charge in [0.1, 0.15) is 11.0 Å². The predicted octanol–water partition coefficient (Wildman–Crippen LogP) is 5.38. The summed E-state index contributed by atoms with van der Waals surface area (Å²) in [6, 6.07) is 0. The molecule has 0 aromatic heterocycles. The molecule has 124 valence electrons. The zero-order valence-corrected chi connectivity index (χ0v) is 15.4. The molecular formula is C19H31NOS. The molecule has 0 heterocycles. The highest BCUT2D eigenvalue weighted by atomic mass is 32.2. The molecule has 2 unspecified atom stereocenters. The summed E-state index contributed by atoms with van der Waals surface area (Å²) in [6.45, 7) is 8.24. The second kappa shape index (κ2) is 7.72. The Bertz CT molecular complexity index is 492. The lowest BCUT2D eigenvalue weighted by atomic mass is 9.98. The van der Waals surface area contributed by atoms with Crippen molar-refractivity contribution >= 4 is 16.7 Å². The smallest absolute Gasteiger partial charge is 0.145 e. The molecule has 0 aliphatic heterocycles. The number of rotatable bonds is 6. The maximum absolute atomic E-state index is 12.5. The zero-order chi connectivity index (χ0) is 16.2. The summed E-state index contributed by atoms with van der Waals surface area (Å²) in [6.07, 6.45) is 15.2. The van der Waals surface area contributed by atoms with Crippen LogP contribution in [0, 0.1) is 11.8 Å². The molecule has 0 saturated heterocycles. The maximum atomic E-state index is 12.5. The van der Waals surface area contributed by atoms with Crippen molar-refractivity contribution in [2.45, 2.75) is 77.4 Å². The molecule has 22 heavy (non-hydrogen) atoms. The van der Waals surface area contributed by atoms with E-state index in [1.165, 1.54) is 31.3 Å². The summed E-state index contributed by atoms with van der Waals surface area (Å²) >= 11 is 0. The topological polar surface area (TPSA) is 29.4 Å². The van der Waals surface area contributed by atoms with Gasteiger partial charge in [0.15, 0.2) is 0 Å². The van der Waals surface area contributed by atoms with E-state index < -0.39 is 11.0 Å². The van der Waals surface area contributed by atoms with Crippen molar-refractivity contribution in [3.63, 3.8) is 0 Å². The SMILES string of the molecule is CCC1CC=CC(C(CCC2CC2)=NS(=O)C(C)(C)C)=CC1. The lowest BCUT2D eigenvalue weighted by Gasteiger charge is -2.16. The van der Waals surface area contributed by atoms with Gasteiger partial charge in [0.05, 0.1) is 10.5 Å². The van der Waals surface area contributed by atoms with E-state index in [9.17, 15) is 4.21 Å². The lowest BCUT2D eigenvalue weighted by molar-refractivity contribution is 0.526. The highest BCUT2D eigenvalue weighted by molar-refractivity contribution is 7.85. The van der Waals surface area contributed by atoms with Crippen LogP contribution in [0.4, 0.5) is 0 Å². The third-order valence-electron chi connectivity index (χ3n) is 4.55. The minimum Gasteiger partial charge on any atom is -0.234 e. The summed E-state index contributed by atoms with van der Waals surface area (Å²) in [5.74, 6) is 1.62. The van der Waals surface area contributed by atoms with Gasteiger partial charge in [0, 0.05) is 0 Å². The van der Waals surface area contributed by atoms with Gasteiger partial charge < -0.3 is 0 Å². The molecule has 1 fully saturated rings. The Morgan fingerprint density at radius 3 is 2.59 bits per heavy atom. The monoisotopic (exact) mass is 321 g/mol. The maximum Gasteiger partial charge on any atom is 0.145 e. The second-order valence-corrected chi connectivity index (χ2v) is 9.59. The highest BCUT2D eigenvalue weighted by Crippen LogP contribution is 2.34. The first kappa shape index (κ1) is 17.7. The van der Waals surface area contributed by atoms with Gasteiger partial charge in [-0.3, -0.25) is 0 Å². The third-order valence-corrected chi connectivity index (χ3v) is 5.99. The molecule has 2 aliphatic rings. The van der Waals surface area contributed by atoms with Crippen LogP contribution in [0.2, 0.25) is 0 Å². The van der Waals surface area contributed by atoms with Gasteiger partial charge in [-0.1, -0.05) is 44.4 Å². The molecule has 0 aromatic rings. The Morgan fingerprint density at radius 2 is 2.00 bits per heavy atom. The van der Waals surface area contributed by atoms with Gasteiger partial charge >= 0.3 is 0 Å². The molecule has 2 atom stereocenters. The van der Waals surface area contributed by atoms with Crippen LogP contribution in [-0.4, -0.2) is 14.7 Å². The first-order valence-corrected chi connectivity index (χ1v) is 9.87. The first-order chi connectivity index (χ1) is 10.4. The van der Waals surface area contributed by atoms with E-state index in [0.717, 1.165) is 36.8 Å². The van der Waals surface area contributed by atoms with Crippen molar-refractivity contribution in [1.82, 2.24) is 0 Å². The standard InChI is InChI=1S/C19H31NOS/c1-5-15-7-6-8-17(13-11-15)18(14-12-16-9-10-16)20-22(21)19(2,3)4/h6,8,13,15-16H,5,7,9-12,14H2,1-4H3.